The highest BCUT2D eigenvalue weighted by Gasteiger charge is 2.34. The molecule has 3 heterocycles. The third-order valence-corrected chi connectivity index (χ3v) is 8.25. The zero-order valence-corrected chi connectivity index (χ0v) is 25.6. The van der Waals surface area contributed by atoms with Crippen LogP contribution in [0, 0.1) is 11.8 Å². The topological polar surface area (TPSA) is 93.7 Å². The van der Waals surface area contributed by atoms with Crippen molar-refractivity contribution in [1.82, 2.24) is 50.2 Å². The first-order chi connectivity index (χ1) is 20.5. The quantitative estimate of drug-likeness (QED) is 0.217. The minimum Gasteiger partial charge on any atom is -0.291 e. The van der Waals surface area contributed by atoms with Gasteiger partial charge in [0.1, 0.15) is 0 Å². The highest BCUT2D eigenvalue weighted by Crippen LogP contribution is 2.31. The Bertz CT molecular complexity index is 1220. The van der Waals surface area contributed by atoms with Gasteiger partial charge in [-0.05, 0) is 69.5 Å². The number of hydrogen-bond acceptors (Lipinski definition) is 8. The Morgan fingerprint density at radius 2 is 0.952 bits per heavy atom. The second kappa shape index (κ2) is 14.6. The largest absolute Gasteiger partial charge is 0.291 e. The van der Waals surface area contributed by atoms with Crippen LogP contribution in [0.2, 0.25) is 0 Å². The molecule has 2 aromatic heterocycles. The molecule has 1 aliphatic heterocycles. The fourth-order valence-corrected chi connectivity index (χ4v) is 6.07. The van der Waals surface area contributed by atoms with E-state index in [1.807, 2.05) is 9.36 Å². The molecule has 2 unspecified atom stereocenters. The van der Waals surface area contributed by atoms with E-state index in [2.05, 4.69) is 129 Å². The number of nitrogens with zero attached hydrogens (tertiary/aromatic N) is 10. The van der Waals surface area contributed by atoms with Gasteiger partial charge in [0.25, 0.3) is 0 Å². The van der Waals surface area contributed by atoms with Crippen molar-refractivity contribution in [3.8, 4) is 0 Å². The van der Waals surface area contributed by atoms with Crippen LogP contribution in [0.3, 0.4) is 0 Å². The van der Waals surface area contributed by atoms with E-state index < -0.39 is 0 Å². The predicted octanol–water partition coefficient (Wildman–Crippen LogP) is 4.64. The molecule has 2 aromatic carbocycles. The lowest BCUT2D eigenvalue weighted by atomic mass is 9.98. The van der Waals surface area contributed by atoms with E-state index in [0.29, 0.717) is 11.8 Å². The van der Waals surface area contributed by atoms with Crippen LogP contribution in [-0.2, 0) is 25.9 Å². The number of rotatable bonds is 14. The van der Waals surface area contributed by atoms with Gasteiger partial charge in [-0.25, -0.2) is 9.36 Å². The van der Waals surface area contributed by atoms with E-state index >= 15 is 0 Å². The monoisotopic (exact) mass is 570 g/mol. The minimum atomic E-state index is 0.192. The van der Waals surface area contributed by atoms with Crippen molar-refractivity contribution in [3.05, 3.63) is 83.4 Å². The second-order valence-corrected chi connectivity index (χ2v) is 12.4. The molecular weight excluding hydrogens is 524 g/mol. The molecule has 5 rings (SSSR count). The normalized spacial score (nSPS) is 16.3. The van der Waals surface area contributed by atoms with Gasteiger partial charge in [-0.3, -0.25) is 9.80 Å². The Hall–Kier alpha value is -3.50. The summed E-state index contributed by atoms with van der Waals surface area (Å²) in [7, 11) is 0. The fraction of sp³-hybridized carbons (Fsp3) is 0.562. The van der Waals surface area contributed by atoms with Crippen LogP contribution in [0.5, 0.6) is 0 Å². The molecule has 1 saturated heterocycles. The van der Waals surface area contributed by atoms with Crippen LogP contribution in [-0.4, -0.2) is 76.4 Å². The summed E-state index contributed by atoms with van der Waals surface area (Å²) in [5, 5.41) is 26.2. The van der Waals surface area contributed by atoms with Crippen LogP contribution < -0.4 is 0 Å². The van der Waals surface area contributed by atoms with Crippen LogP contribution >= 0.6 is 0 Å². The van der Waals surface area contributed by atoms with Gasteiger partial charge in [0, 0.05) is 39.3 Å². The molecule has 0 saturated carbocycles. The molecule has 10 heteroatoms. The molecule has 224 valence electrons. The second-order valence-electron chi connectivity index (χ2n) is 12.4. The highest BCUT2D eigenvalue weighted by molar-refractivity contribution is 5.15. The Morgan fingerprint density at radius 1 is 0.571 bits per heavy atom. The van der Waals surface area contributed by atoms with Gasteiger partial charge in [0.2, 0.25) is 0 Å². The van der Waals surface area contributed by atoms with Gasteiger partial charge in [-0.15, -0.1) is 10.2 Å². The summed E-state index contributed by atoms with van der Waals surface area (Å²) >= 11 is 0. The summed E-state index contributed by atoms with van der Waals surface area (Å²) in [6.07, 6.45) is 3.88. The molecular formula is C32H46N10. The van der Waals surface area contributed by atoms with Gasteiger partial charge < -0.3 is 0 Å². The lowest BCUT2D eigenvalue weighted by Gasteiger charge is -2.42. The van der Waals surface area contributed by atoms with Gasteiger partial charge in [0.15, 0.2) is 11.6 Å². The molecule has 42 heavy (non-hydrogen) atoms. The molecule has 0 radical (unpaired) electrons. The number of piperazine rings is 1. The molecule has 0 spiro atoms. The SMILES string of the molecule is CC(C)CC(c1nnnn1CCc1ccccc1)N1CCN(C(CC(C)C)c2nnnn2CCc2ccccc2)CC1. The average molecular weight is 571 g/mol. The number of aromatic nitrogens is 8. The summed E-state index contributed by atoms with van der Waals surface area (Å²) in [4.78, 5) is 5.18. The number of tetrazole rings is 2. The first-order valence-corrected chi connectivity index (χ1v) is 15.6. The Morgan fingerprint density at radius 3 is 1.31 bits per heavy atom. The molecule has 0 aliphatic carbocycles. The molecule has 2 atom stereocenters. The number of aryl methyl sites for hydroxylation is 4. The maximum Gasteiger partial charge on any atom is 0.168 e. The van der Waals surface area contributed by atoms with E-state index in [1.54, 1.807) is 0 Å². The third kappa shape index (κ3) is 7.86. The predicted molar refractivity (Wildman–Crippen MR) is 163 cm³/mol. The van der Waals surface area contributed by atoms with Crippen molar-refractivity contribution >= 4 is 0 Å². The Kier molecular flexibility index (Phi) is 10.4. The van der Waals surface area contributed by atoms with Crippen molar-refractivity contribution in [2.24, 2.45) is 11.8 Å². The van der Waals surface area contributed by atoms with E-state index in [0.717, 1.165) is 76.6 Å². The zero-order valence-electron chi connectivity index (χ0n) is 25.6. The molecule has 1 fully saturated rings. The van der Waals surface area contributed by atoms with Gasteiger partial charge >= 0.3 is 0 Å². The highest BCUT2D eigenvalue weighted by atomic mass is 15.6. The van der Waals surface area contributed by atoms with Crippen molar-refractivity contribution in [2.45, 2.75) is 78.6 Å². The molecule has 10 nitrogen and oxygen atoms in total. The summed E-state index contributed by atoms with van der Waals surface area (Å²) in [6.45, 7) is 14.6. The summed E-state index contributed by atoms with van der Waals surface area (Å²) in [6, 6.07) is 21.5. The molecule has 0 bridgehead atoms. The maximum absolute atomic E-state index is 4.56. The molecule has 0 N–H and O–H groups in total. The Balaban J connectivity index is 1.27. The summed E-state index contributed by atoms with van der Waals surface area (Å²) in [5.74, 6) is 3.04. The van der Waals surface area contributed by atoms with Gasteiger partial charge in [-0.2, -0.15) is 0 Å². The van der Waals surface area contributed by atoms with Gasteiger partial charge in [-0.1, -0.05) is 88.4 Å². The van der Waals surface area contributed by atoms with Crippen LogP contribution in [0.25, 0.3) is 0 Å². The minimum absolute atomic E-state index is 0.192. The van der Waals surface area contributed by atoms with Crippen LogP contribution in [0.4, 0.5) is 0 Å². The fourth-order valence-electron chi connectivity index (χ4n) is 6.07. The smallest absolute Gasteiger partial charge is 0.168 e. The summed E-state index contributed by atoms with van der Waals surface area (Å²) < 4.78 is 4.05. The first-order valence-electron chi connectivity index (χ1n) is 15.6. The average Bonchev–Trinajstić information content (AvgIpc) is 3.67. The van der Waals surface area contributed by atoms with Crippen LogP contribution in [0.15, 0.2) is 60.7 Å². The maximum atomic E-state index is 4.56. The standard InChI is InChI=1S/C32H46N10/c1-25(2)23-29(31-33-35-37-41(31)17-15-27-11-7-5-8-12-27)39-19-21-40(22-20-39)30(24-26(3)4)32-34-36-38-42(32)18-16-28-13-9-6-10-14-28/h5-14,25-26,29-30H,15-24H2,1-4H3. The van der Waals surface area contributed by atoms with Crippen molar-refractivity contribution in [1.29, 1.82) is 0 Å². The lowest BCUT2D eigenvalue weighted by Crippen LogP contribution is -2.50. The zero-order chi connectivity index (χ0) is 29.3. The van der Waals surface area contributed by atoms with Gasteiger partial charge in [0.05, 0.1) is 12.1 Å². The third-order valence-electron chi connectivity index (χ3n) is 8.25. The van der Waals surface area contributed by atoms with Crippen molar-refractivity contribution in [3.63, 3.8) is 0 Å². The number of benzene rings is 2. The molecule has 1 aliphatic rings. The first kappa shape index (κ1) is 30.0. The Labute approximate surface area is 250 Å². The van der Waals surface area contributed by atoms with E-state index in [1.165, 1.54) is 11.1 Å². The van der Waals surface area contributed by atoms with Crippen LogP contribution in [0.1, 0.15) is 75.4 Å². The van der Waals surface area contributed by atoms with E-state index in [9.17, 15) is 0 Å². The van der Waals surface area contributed by atoms with E-state index in [4.69, 9.17) is 0 Å². The van der Waals surface area contributed by atoms with Crippen molar-refractivity contribution in [2.75, 3.05) is 26.2 Å². The summed E-state index contributed by atoms with van der Waals surface area (Å²) in [5.41, 5.74) is 2.60. The van der Waals surface area contributed by atoms with Crippen molar-refractivity contribution < 1.29 is 0 Å². The number of hydrogen-bond donors (Lipinski definition) is 0. The molecule has 0 amide bonds. The lowest BCUT2D eigenvalue weighted by molar-refractivity contribution is 0.0472. The van der Waals surface area contributed by atoms with E-state index in [-0.39, 0.29) is 12.1 Å². The molecule has 4 aromatic rings.